The van der Waals surface area contributed by atoms with Crippen molar-refractivity contribution in [1.82, 2.24) is 4.98 Å². The normalized spacial score (nSPS) is 10.5. The summed E-state index contributed by atoms with van der Waals surface area (Å²) in [7, 11) is 0. The molecule has 1 amide bonds. The summed E-state index contributed by atoms with van der Waals surface area (Å²) in [4.78, 5) is 15.9. The summed E-state index contributed by atoms with van der Waals surface area (Å²) in [6.07, 6.45) is 2.08. The Balaban J connectivity index is 1.68. The van der Waals surface area contributed by atoms with Gasteiger partial charge in [0.05, 0.1) is 5.56 Å². The number of nitrogen functional groups attached to an aromatic ring is 1. The van der Waals surface area contributed by atoms with Crippen molar-refractivity contribution in [3.63, 3.8) is 0 Å². The zero-order chi connectivity index (χ0) is 20.1. The summed E-state index contributed by atoms with van der Waals surface area (Å²) in [5.74, 6) is 0.147. The number of halogens is 1. The van der Waals surface area contributed by atoms with Gasteiger partial charge in [0, 0.05) is 11.3 Å². The number of nitrogens with one attached hydrogen (secondary N) is 1. The van der Waals surface area contributed by atoms with Crippen molar-refractivity contribution in [1.29, 1.82) is 0 Å². The molecule has 0 saturated carbocycles. The lowest BCUT2D eigenvalue weighted by atomic mass is 10.1. The number of rotatable bonds is 6. The van der Waals surface area contributed by atoms with Crippen molar-refractivity contribution in [2.24, 2.45) is 0 Å². The van der Waals surface area contributed by atoms with Crippen LogP contribution in [-0.4, -0.2) is 10.9 Å². The Labute approximate surface area is 163 Å². The van der Waals surface area contributed by atoms with Crippen LogP contribution in [0.2, 0.25) is 0 Å². The predicted molar refractivity (Wildman–Crippen MR) is 108 cm³/mol. The van der Waals surface area contributed by atoms with Crippen molar-refractivity contribution < 1.29 is 13.9 Å². The van der Waals surface area contributed by atoms with E-state index < -0.39 is 11.9 Å². The number of aromatic nitrogens is 1. The highest BCUT2D eigenvalue weighted by molar-refractivity contribution is 6.07. The maximum Gasteiger partial charge on any atom is 0.259 e. The van der Waals surface area contributed by atoms with Gasteiger partial charge in [0.2, 0.25) is 5.95 Å². The van der Waals surface area contributed by atoms with Gasteiger partial charge in [0.25, 0.3) is 5.91 Å². The first-order valence-corrected chi connectivity index (χ1v) is 9.07. The van der Waals surface area contributed by atoms with Crippen molar-refractivity contribution >= 4 is 17.4 Å². The minimum Gasteiger partial charge on any atom is -0.457 e. The molecule has 0 bridgehead atoms. The molecule has 6 heteroatoms. The molecule has 0 atom stereocenters. The van der Waals surface area contributed by atoms with Gasteiger partial charge in [0.15, 0.2) is 0 Å². The van der Waals surface area contributed by atoms with Crippen LogP contribution < -0.4 is 15.8 Å². The highest BCUT2D eigenvalue weighted by Gasteiger charge is 2.14. The van der Waals surface area contributed by atoms with Crippen LogP contribution >= 0.6 is 0 Å². The smallest absolute Gasteiger partial charge is 0.259 e. The van der Waals surface area contributed by atoms with E-state index in [-0.39, 0.29) is 16.9 Å². The van der Waals surface area contributed by atoms with E-state index in [1.807, 2.05) is 18.2 Å². The minimum atomic E-state index is -0.682. The van der Waals surface area contributed by atoms with Gasteiger partial charge in [-0.2, -0.15) is 4.39 Å². The fourth-order valence-corrected chi connectivity index (χ4v) is 2.78. The Hall–Kier alpha value is -3.41. The zero-order valence-electron chi connectivity index (χ0n) is 15.8. The molecule has 3 N–H and O–H groups in total. The number of nitrogens with zero attached hydrogens (tertiary/aromatic N) is 1. The number of carbonyl (C=O) groups excluding carboxylic acids is 1. The first kappa shape index (κ1) is 19.4. The van der Waals surface area contributed by atoms with Gasteiger partial charge in [-0.05, 0) is 61.4 Å². The number of carbonyl (C=O) groups is 1. The molecule has 0 aliphatic carbocycles. The number of amides is 1. The van der Waals surface area contributed by atoms with Crippen LogP contribution in [0.15, 0.2) is 54.6 Å². The molecule has 5 nitrogen and oxygen atoms in total. The number of aryl methyl sites for hydroxylation is 2. The highest BCUT2D eigenvalue weighted by Crippen LogP contribution is 2.25. The molecular weight excluding hydrogens is 357 g/mol. The molecule has 0 aliphatic heterocycles. The van der Waals surface area contributed by atoms with Gasteiger partial charge in [0.1, 0.15) is 17.3 Å². The van der Waals surface area contributed by atoms with Crippen LogP contribution in [0.25, 0.3) is 0 Å². The third kappa shape index (κ3) is 4.65. The lowest BCUT2D eigenvalue weighted by Gasteiger charge is -2.10. The minimum absolute atomic E-state index is 0.131. The van der Waals surface area contributed by atoms with Crippen LogP contribution in [0.1, 0.15) is 34.8 Å². The second kappa shape index (κ2) is 8.52. The Morgan fingerprint density at radius 2 is 1.89 bits per heavy atom. The molecule has 0 fully saturated rings. The summed E-state index contributed by atoms with van der Waals surface area (Å²) in [6, 6.07) is 16.3. The first-order chi connectivity index (χ1) is 13.5. The van der Waals surface area contributed by atoms with Gasteiger partial charge in [-0.15, -0.1) is 0 Å². The van der Waals surface area contributed by atoms with E-state index in [9.17, 15) is 9.18 Å². The topological polar surface area (TPSA) is 77.2 Å². The fourth-order valence-electron chi connectivity index (χ4n) is 2.78. The maximum absolute atomic E-state index is 13.4. The fraction of sp³-hybridized carbons (Fsp3) is 0.182. The van der Waals surface area contributed by atoms with Crippen molar-refractivity contribution in [2.75, 3.05) is 11.1 Å². The molecule has 0 aliphatic rings. The Bertz CT molecular complexity index is 988. The molecule has 3 rings (SSSR count). The predicted octanol–water partition coefficient (Wildman–Crippen LogP) is 5.11. The van der Waals surface area contributed by atoms with Crippen LogP contribution in [0.4, 0.5) is 15.9 Å². The summed E-state index contributed by atoms with van der Waals surface area (Å²) in [5.41, 5.74) is 7.84. The van der Waals surface area contributed by atoms with Crippen molar-refractivity contribution in [2.45, 2.75) is 26.7 Å². The van der Waals surface area contributed by atoms with Crippen LogP contribution in [0.3, 0.4) is 0 Å². The summed E-state index contributed by atoms with van der Waals surface area (Å²) in [6.45, 7) is 3.66. The molecule has 144 valence electrons. The van der Waals surface area contributed by atoms with Gasteiger partial charge in [-0.25, -0.2) is 4.98 Å². The Morgan fingerprint density at radius 3 is 2.61 bits per heavy atom. The molecule has 0 radical (unpaired) electrons. The quantitative estimate of drug-likeness (QED) is 0.584. The van der Waals surface area contributed by atoms with Gasteiger partial charge < -0.3 is 15.8 Å². The van der Waals surface area contributed by atoms with Crippen molar-refractivity contribution in [3.05, 3.63) is 77.2 Å². The Kier molecular flexibility index (Phi) is 5.89. The number of anilines is 2. The number of nitrogens with two attached hydrogens (primary N) is 1. The van der Waals surface area contributed by atoms with Crippen LogP contribution in [0.5, 0.6) is 11.5 Å². The van der Waals surface area contributed by atoms with E-state index in [4.69, 9.17) is 10.5 Å². The highest BCUT2D eigenvalue weighted by atomic mass is 19.1. The van der Waals surface area contributed by atoms with Crippen LogP contribution in [0, 0.1) is 12.9 Å². The number of hydrogen-bond acceptors (Lipinski definition) is 4. The van der Waals surface area contributed by atoms with E-state index in [1.165, 1.54) is 18.6 Å². The average molecular weight is 379 g/mol. The zero-order valence-corrected chi connectivity index (χ0v) is 15.8. The molecule has 1 aromatic heterocycles. The standard InChI is InChI=1S/C22H22FN3O2/c1-3-5-15-6-4-7-18(13-15)28-17-10-8-16(9-11-17)25-22(27)19-12-14(2)20(23)26-21(19)24/h4,6-13H,3,5H2,1-2H3,(H2,24,26)(H,25,27). The second-order valence-electron chi connectivity index (χ2n) is 6.51. The summed E-state index contributed by atoms with van der Waals surface area (Å²) < 4.78 is 19.3. The largest absolute Gasteiger partial charge is 0.457 e. The van der Waals surface area contributed by atoms with E-state index in [1.54, 1.807) is 24.3 Å². The molecule has 2 aromatic carbocycles. The molecule has 0 unspecified atom stereocenters. The lowest BCUT2D eigenvalue weighted by Crippen LogP contribution is -2.16. The van der Waals surface area contributed by atoms with E-state index in [0.717, 1.165) is 18.6 Å². The molecular formula is C22H22FN3O2. The van der Waals surface area contributed by atoms with Gasteiger partial charge in [-0.3, -0.25) is 4.79 Å². The van der Waals surface area contributed by atoms with Gasteiger partial charge in [-0.1, -0.05) is 25.5 Å². The molecule has 1 heterocycles. The monoisotopic (exact) mass is 379 g/mol. The molecule has 28 heavy (non-hydrogen) atoms. The third-order valence-electron chi connectivity index (χ3n) is 4.21. The number of ether oxygens (including phenoxy) is 1. The number of pyridine rings is 1. The summed E-state index contributed by atoms with van der Waals surface area (Å²) >= 11 is 0. The second-order valence-corrected chi connectivity index (χ2v) is 6.51. The van der Waals surface area contributed by atoms with E-state index in [0.29, 0.717) is 11.4 Å². The molecule has 3 aromatic rings. The Morgan fingerprint density at radius 1 is 1.14 bits per heavy atom. The van der Waals surface area contributed by atoms with Crippen LogP contribution in [-0.2, 0) is 6.42 Å². The lowest BCUT2D eigenvalue weighted by molar-refractivity contribution is 0.102. The first-order valence-electron chi connectivity index (χ1n) is 9.07. The van der Waals surface area contributed by atoms with E-state index in [2.05, 4.69) is 23.3 Å². The SMILES string of the molecule is CCCc1cccc(Oc2ccc(NC(=O)c3cc(C)c(F)nc3N)cc2)c1. The number of benzene rings is 2. The van der Waals surface area contributed by atoms with Crippen molar-refractivity contribution in [3.8, 4) is 11.5 Å². The molecule has 0 spiro atoms. The molecule has 0 saturated heterocycles. The average Bonchev–Trinajstić information content (AvgIpc) is 2.67. The number of hydrogen-bond donors (Lipinski definition) is 2. The van der Waals surface area contributed by atoms with E-state index >= 15 is 0 Å². The third-order valence-corrected chi connectivity index (χ3v) is 4.21. The summed E-state index contributed by atoms with van der Waals surface area (Å²) in [5, 5.41) is 2.73. The van der Waals surface area contributed by atoms with Gasteiger partial charge >= 0.3 is 0 Å². The maximum atomic E-state index is 13.4.